The molecule has 20 heavy (non-hydrogen) atoms. The summed E-state index contributed by atoms with van der Waals surface area (Å²) >= 11 is 1.68. The third-order valence-corrected chi connectivity index (χ3v) is 4.22. The molecule has 1 heterocycles. The second-order valence-corrected chi connectivity index (χ2v) is 6.00. The lowest BCUT2D eigenvalue weighted by Gasteiger charge is -2.11. The Balaban J connectivity index is 1.94. The minimum Gasteiger partial charge on any atom is -0.457 e. The summed E-state index contributed by atoms with van der Waals surface area (Å²) in [5, 5.41) is 0. The molecule has 0 unspecified atom stereocenters. The maximum Gasteiger partial charge on any atom is 0.133 e. The largest absolute Gasteiger partial charge is 0.457 e. The molecule has 0 atom stereocenters. The van der Waals surface area contributed by atoms with Gasteiger partial charge in [0.1, 0.15) is 23.1 Å². The summed E-state index contributed by atoms with van der Waals surface area (Å²) in [5.74, 6) is -0.489. The highest BCUT2D eigenvalue weighted by Crippen LogP contribution is 2.40. The van der Waals surface area contributed by atoms with E-state index in [0.29, 0.717) is 5.75 Å². The van der Waals surface area contributed by atoms with Gasteiger partial charge in [-0.25, -0.2) is 13.1 Å². The van der Waals surface area contributed by atoms with Gasteiger partial charge >= 0.3 is 0 Å². The van der Waals surface area contributed by atoms with E-state index in [1.807, 2.05) is 26.1 Å². The van der Waals surface area contributed by atoms with Crippen molar-refractivity contribution in [2.45, 2.75) is 18.4 Å². The number of benzene rings is 2. The van der Waals surface area contributed by atoms with E-state index in [1.54, 1.807) is 11.9 Å². The molecule has 2 aromatic carbocycles. The average Bonchev–Trinajstić information content (AvgIpc) is 2.73. The van der Waals surface area contributed by atoms with E-state index >= 15 is 0 Å². The Hall–Kier alpha value is -1.59. The van der Waals surface area contributed by atoms with Crippen molar-refractivity contribution in [3.63, 3.8) is 0 Å². The number of hydrogen-bond donors (Lipinski definition) is 0. The van der Waals surface area contributed by atoms with Crippen LogP contribution in [-0.4, -0.2) is 11.4 Å². The van der Waals surface area contributed by atoms with Crippen molar-refractivity contribution >= 4 is 11.9 Å². The molecule has 0 saturated heterocycles. The zero-order valence-corrected chi connectivity index (χ0v) is 11.9. The van der Waals surface area contributed by atoms with Crippen LogP contribution in [0.1, 0.15) is 11.1 Å². The molecule has 0 amide bonds. The fourth-order valence-electron chi connectivity index (χ4n) is 2.24. The fraction of sp³-hybridized carbons (Fsp3) is 0.200. The van der Waals surface area contributed by atoms with Crippen molar-refractivity contribution in [1.29, 1.82) is 0 Å². The van der Waals surface area contributed by atoms with Crippen LogP contribution < -0.4 is 4.74 Å². The summed E-state index contributed by atoms with van der Waals surface area (Å²) < 4.78 is 34.1. The first-order chi connectivity index (χ1) is 9.52. The third-order valence-electron chi connectivity index (χ3n) is 3.20. The normalized spacial score (nSPS) is 14.4. The van der Waals surface area contributed by atoms with Gasteiger partial charge < -0.3 is 4.74 Å². The molecule has 0 saturated carbocycles. The van der Waals surface area contributed by atoms with Gasteiger partial charge in [-0.05, 0) is 49.2 Å². The van der Waals surface area contributed by atoms with Gasteiger partial charge in [-0.1, -0.05) is 0 Å². The van der Waals surface area contributed by atoms with Gasteiger partial charge in [0.2, 0.25) is 0 Å². The minimum absolute atomic E-state index is 0.171. The van der Waals surface area contributed by atoms with E-state index in [0.717, 1.165) is 18.2 Å². The third kappa shape index (κ3) is 2.51. The van der Waals surface area contributed by atoms with E-state index in [-0.39, 0.29) is 5.75 Å². The Morgan fingerprint density at radius 3 is 2.55 bits per heavy atom. The SMILES string of the molecule is Cc1c(Oc2cc(F)cc(F)c2)ccc2c1CN(C)S2. The standard InChI is InChI=1S/C15H13F2NOS/c1-9-13-8-18(2)20-15(13)4-3-14(9)19-12-6-10(16)5-11(17)7-12/h3-7H,8H2,1-2H3. The lowest BCUT2D eigenvalue weighted by Crippen LogP contribution is -2.01. The molecule has 0 fully saturated rings. The average molecular weight is 293 g/mol. The van der Waals surface area contributed by atoms with Gasteiger partial charge in [-0.3, -0.25) is 0 Å². The first-order valence-electron chi connectivity index (χ1n) is 6.18. The number of rotatable bonds is 2. The van der Waals surface area contributed by atoms with Crippen LogP contribution in [0, 0.1) is 18.6 Å². The molecule has 0 radical (unpaired) electrons. The van der Waals surface area contributed by atoms with Crippen molar-refractivity contribution in [1.82, 2.24) is 4.31 Å². The molecule has 0 N–H and O–H groups in total. The summed E-state index contributed by atoms with van der Waals surface area (Å²) in [4.78, 5) is 1.20. The summed E-state index contributed by atoms with van der Waals surface area (Å²) in [6.45, 7) is 2.80. The van der Waals surface area contributed by atoms with Gasteiger partial charge in [0.05, 0.1) is 0 Å². The topological polar surface area (TPSA) is 12.5 Å². The molecule has 0 bridgehead atoms. The molecule has 2 nitrogen and oxygen atoms in total. The van der Waals surface area contributed by atoms with Crippen LogP contribution >= 0.6 is 11.9 Å². The van der Waals surface area contributed by atoms with Crippen LogP contribution in [0.5, 0.6) is 11.5 Å². The first-order valence-corrected chi connectivity index (χ1v) is 6.96. The van der Waals surface area contributed by atoms with Crippen molar-refractivity contribution in [3.8, 4) is 11.5 Å². The smallest absolute Gasteiger partial charge is 0.133 e. The summed E-state index contributed by atoms with van der Waals surface area (Å²) in [6.07, 6.45) is 0. The number of ether oxygens (including phenoxy) is 1. The van der Waals surface area contributed by atoms with E-state index in [2.05, 4.69) is 4.31 Å². The maximum atomic E-state index is 13.2. The molecule has 0 aromatic heterocycles. The Morgan fingerprint density at radius 1 is 1.15 bits per heavy atom. The molecule has 0 spiro atoms. The van der Waals surface area contributed by atoms with Crippen LogP contribution in [0.2, 0.25) is 0 Å². The minimum atomic E-state index is -0.644. The quantitative estimate of drug-likeness (QED) is 0.755. The predicted molar refractivity (Wildman–Crippen MR) is 74.9 cm³/mol. The lowest BCUT2D eigenvalue weighted by atomic mass is 10.1. The second-order valence-electron chi connectivity index (χ2n) is 4.75. The molecular formula is C15H13F2NOS. The van der Waals surface area contributed by atoms with Crippen LogP contribution in [0.3, 0.4) is 0 Å². The molecule has 104 valence electrons. The van der Waals surface area contributed by atoms with Crippen LogP contribution in [-0.2, 0) is 6.54 Å². The highest BCUT2D eigenvalue weighted by atomic mass is 32.2. The van der Waals surface area contributed by atoms with Gasteiger partial charge in [0, 0.05) is 29.6 Å². The van der Waals surface area contributed by atoms with Gasteiger partial charge in [-0.2, -0.15) is 0 Å². The molecule has 1 aliphatic rings. The van der Waals surface area contributed by atoms with Crippen LogP contribution in [0.15, 0.2) is 35.2 Å². The van der Waals surface area contributed by atoms with E-state index in [4.69, 9.17) is 4.74 Å². The van der Waals surface area contributed by atoms with Crippen molar-refractivity contribution < 1.29 is 13.5 Å². The van der Waals surface area contributed by atoms with Crippen LogP contribution in [0.25, 0.3) is 0 Å². The Labute approximate surface area is 120 Å². The number of fused-ring (bicyclic) bond motifs is 1. The summed E-state index contributed by atoms with van der Waals surface area (Å²) in [6, 6.07) is 6.99. The zero-order valence-electron chi connectivity index (χ0n) is 11.1. The molecule has 3 rings (SSSR count). The van der Waals surface area contributed by atoms with Crippen LogP contribution in [0.4, 0.5) is 8.78 Å². The van der Waals surface area contributed by atoms with Crippen molar-refractivity contribution in [2.24, 2.45) is 0 Å². The Bertz CT molecular complexity index is 655. The Morgan fingerprint density at radius 2 is 1.85 bits per heavy atom. The Kier molecular flexibility index (Phi) is 3.40. The predicted octanol–water partition coefficient (Wildman–Crippen LogP) is 4.52. The highest BCUT2D eigenvalue weighted by Gasteiger charge is 2.21. The molecule has 2 aromatic rings. The highest BCUT2D eigenvalue weighted by molar-refractivity contribution is 7.97. The summed E-state index contributed by atoms with van der Waals surface area (Å²) in [5.41, 5.74) is 2.20. The second kappa shape index (κ2) is 5.07. The lowest BCUT2D eigenvalue weighted by molar-refractivity contribution is 0.462. The van der Waals surface area contributed by atoms with E-state index < -0.39 is 11.6 Å². The van der Waals surface area contributed by atoms with Gasteiger partial charge in [-0.15, -0.1) is 0 Å². The van der Waals surface area contributed by atoms with Crippen molar-refractivity contribution in [3.05, 3.63) is 53.1 Å². The van der Waals surface area contributed by atoms with E-state index in [1.165, 1.54) is 22.6 Å². The summed E-state index contributed by atoms with van der Waals surface area (Å²) in [7, 11) is 2.02. The number of halogens is 2. The van der Waals surface area contributed by atoms with Gasteiger partial charge in [0.15, 0.2) is 0 Å². The number of hydrogen-bond acceptors (Lipinski definition) is 3. The van der Waals surface area contributed by atoms with Crippen molar-refractivity contribution in [2.75, 3.05) is 7.05 Å². The molecule has 5 heteroatoms. The number of nitrogens with zero attached hydrogens (tertiary/aromatic N) is 1. The van der Waals surface area contributed by atoms with Gasteiger partial charge in [0.25, 0.3) is 0 Å². The fourth-order valence-corrected chi connectivity index (χ4v) is 3.23. The zero-order chi connectivity index (χ0) is 14.3. The molecule has 0 aliphatic carbocycles. The van der Waals surface area contributed by atoms with E-state index in [9.17, 15) is 8.78 Å². The monoisotopic (exact) mass is 293 g/mol. The molecule has 1 aliphatic heterocycles. The first kappa shape index (κ1) is 13.4. The molecular weight excluding hydrogens is 280 g/mol. The maximum absolute atomic E-state index is 13.2.